The average Bonchev–Trinajstić information content (AvgIpc) is 3.48. The molecular formula is C27H33N7O5. The van der Waals surface area contributed by atoms with Gasteiger partial charge in [-0.15, -0.1) is 0 Å². The molecule has 5 rings (SSSR count). The second-order valence-electron chi connectivity index (χ2n) is 9.95. The molecule has 0 radical (unpaired) electrons. The van der Waals surface area contributed by atoms with E-state index in [1.165, 1.54) is 33.6 Å². The molecule has 2 aromatic heterocycles. The molecule has 7 N–H and O–H groups in total. The molecule has 2 aromatic carbocycles. The average molecular weight is 536 g/mol. The molecule has 12 heteroatoms. The van der Waals surface area contributed by atoms with Crippen molar-refractivity contribution in [2.45, 2.75) is 49.8 Å². The van der Waals surface area contributed by atoms with E-state index >= 15 is 0 Å². The van der Waals surface area contributed by atoms with Crippen molar-refractivity contribution in [1.82, 2.24) is 24.4 Å². The maximum atomic E-state index is 11.3. The zero-order valence-corrected chi connectivity index (χ0v) is 21.4. The Balaban J connectivity index is 1.26. The Labute approximate surface area is 224 Å². The van der Waals surface area contributed by atoms with E-state index in [0.717, 1.165) is 12.8 Å². The number of aryl methyl sites for hydroxylation is 1. The highest BCUT2D eigenvalue weighted by molar-refractivity contribution is 5.83. The summed E-state index contributed by atoms with van der Waals surface area (Å²) >= 11 is 0. The molecule has 0 unspecified atom stereocenters. The minimum absolute atomic E-state index is 0.204. The third-order valence-corrected chi connectivity index (χ3v) is 7.26. The van der Waals surface area contributed by atoms with Gasteiger partial charge >= 0.3 is 5.97 Å². The van der Waals surface area contributed by atoms with Crippen LogP contribution < -0.4 is 11.5 Å². The van der Waals surface area contributed by atoms with Crippen molar-refractivity contribution in [3.63, 3.8) is 0 Å². The maximum absolute atomic E-state index is 11.3. The van der Waals surface area contributed by atoms with E-state index in [4.69, 9.17) is 16.2 Å². The van der Waals surface area contributed by atoms with Gasteiger partial charge in [0, 0.05) is 13.1 Å². The van der Waals surface area contributed by atoms with Crippen LogP contribution in [-0.4, -0.2) is 89.7 Å². The number of benzene rings is 2. The van der Waals surface area contributed by atoms with E-state index in [0.29, 0.717) is 24.3 Å². The molecule has 5 atom stereocenters. The number of aliphatic carboxylic acids is 1. The molecule has 0 amide bonds. The quantitative estimate of drug-likeness (QED) is 0.184. The molecule has 1 aliphatic heterocycles. The number of fused-ring (bicyclic) bond motifs is 2. The lowest BCUT2D eigenvalue weighted by atomic mass is 10.0. The molecule has 1 fully saturated rings. The van der Waals surface area contributed by atoms with Crippen LogP contribution in [-0.2, 0) is 16.0 Å². The number of nitrogen functional groups attached to an aromatic ring is 1. The Morgan fingerprint density at radius 2 is 1.87 bits per heavy atom. The number of imidazole rings is 1. The van der Waals surface area contributed by atoms with Gasteiger partial charge in [-0.1, -0.05) is 42.5 Å². The van der Waals surface area contributed by atoms with Crippen molar-refractivity contribution in [3.8, 4) is 0 Å². The largest absolute Gasteiger partial charge is 0.480 e. The lowest BCUT2D eigenvalue weighted by molar-refractivity contribution is -0.138. The summed E-state index contributed by atoms with van der Waals surface area (Å²) in [5, 5.41) is 33.3. The molecule has 0 spiro atoms. The fraction of sp³-hybridized carbons (Fsp3) is 0.407. The minimum Gasteiger partial charge on any atom is -0.480 e. The molecule has 4 aromatic rings. The van der Waals surface area contributed by atoms with Gasteiger partial charge in [-0.2, -0.15) is 0 Å². The van der Waals surface area contributed by atoms with Crippen LogP contribution in [0.3, 0.4) is 0 Å². The number of nitrogens with two attached hydrogens (primary N) is 2. The normalized spacial score (nSPS) is 22.2. The van der Waals surface area contributed by atoms with E-state index in [1.807, 2.05) is 17.0 Å². The molecule has 39 heavy (non-hydrogen) atoms. The fourth-order valence-electron chi connectivity index (χ4n) is 5.06. The standard InChI is InChI=1S/C27H33N7O5/c28-19(27(37)38)9-11-33(10-3-4-16-7-8-17-5-1-2-6-18(17)12-16)13-20-22(35)23(36)26(39-20)34-15-32-21-24(29)30-14-31-25(21)34/h1-2,5-8,12,14-15,19-20,22-23,26,35-36H,3-4,9-11,13,28H2,(H,37,38)(H2,29,30,31)/t19-,20+,22+,23+,26+/m0/s1. The van der Waals surface area contributed by atoms with E-state index in [1.54, 1.807) is 0 Å². The Kier molecular flexibility index (Phi) is 8.00. The van der Waals surface area contributed by atoms with E-state index in [-0.39, 0.29) is 18.8 Å². The van der Waals surface area contributed by atoms with Gasteiger partial charge in [0.15, 0.2) is 17.7 Å². The van der Waals surface area contributed by atoms with Crippen LogP contribution >= 0.6 is 0 Å². The maximum Gasteiger partial charge on any atom is 0.320 e. The topological polar surface area (TPSA) is 186 Å². The van der Waals surface area contributed by atoms with Gasteiger partial charge < -0.3 is 36.4 Å². The van der Waals surface area contributed by atoms with Gasteiger partial charge in [-0.05, 0) is 42.1 Å². The van der Waals surface area contributed by atoms with E-state index in [2.05, 4.69) is 45.3 Å². The first-order chi connectivity index (χ1) is 18.8. The molecule has 0 bridgehead atoms. The van der Waals surface area contributed by atoms with Gasteiger partial charge in [0.25, 0.3) is 0 Å². The summed E-state index contributed by atoms with van der Waals surface area (Å²) in [6.07, 6.45) is 0.550. The number of hydrogen-bond donors (Lipinski definition) is 5. The number of ether oxygens (including phenoxy) is 1. The molecule has 0 aliphatic carbocycles. The zero-order chi connectivity index (χ0) is 27.5. The van der Waals surface area contributed by atoms with Crippen LogP contribution in [0.25, 0.3) is 21.9 Å². The van der Waals surface area contributed by atoms with Gasteiger partial charge in [-0.3, -0.25) is 9.36 Å². The number of carboxylic acid groups (broad SMARTS) is 1. The molecule has 206 valence electrons. The number of carboxylic acids is 1. The predicted octanol–water partition coefficient (Wildman–Crippen LogP) is 0.918. The summed E-state index contributed by atoms with van der Waals surface area (Å²) < 4.78 is 7.64. The fourth-order valence-corrected chi connectivity index (χ4v) is 5.06. The third kappa shape index (κ3) is 5.84. The smallest absolute Gasteiger partial charge is 0.320 e. The van der Waals surface area contributed by atoms with Crippen molar-refractivity contribution in [3.05, 3.63) is 60.7 Å². The van der Waals surface area contributed by atoms with Crippen molar-refractivity contribution < 1.29 is 24.9 Å². The van der Waals surface area contributed by atoms with Crippen LogP contribution in [0.5, 0.6) is 0 Å². The highest BCUT2D eigenvalue weighted by Crippen LogP contribution is 2.32. The number of aliphatic hydroxyl groups excluding tert-OH is 2. The van der Waals surface area contributed by atoms with Crippen molar-refractivity contribution in [2.75, 3.05) is 25.4 Å². The molecule has 3 heterocycles. The predicted molar refractivity (Wildman–Crippen MR) is 145 cm³/mol. The molecule has 1 saturated heterocycles. The van der Waals surface area contributed by atoms with Gasteiger partial charge in [0.1, 0.15) is 36.2 Å². The summed E-state index contributed by atoms with van der Waals surface area (Å²) in [7, 11) is 0. The monoisotopic (exact) mass is 535 g/mol. The van der Waals surface area contributed by atoms with Crippen LogP contribution in [0.2, 0.25) is 0 Å². The molecular weight excluding hydrogens is 502 g/mol. The second-order valence-corrected chi connectivity index (χ2v) is 9.95. The van der Waals surface area contributed by atoms with Gasteiger partial charge in [0.05, 0.1) is 6.33 Å². The lowest BCUT2D eigenvalue weighted by Gasteiger charge is -2.27. The summed E-state index contributed by atoms with van der Waals surface area (Å²) in [6, 6.07) is 13.6. The van der Waals surface area contributed by atoms with Crippen molar-refractivity contribution in [2.24, 2.45) is 5.73 Å². The SMILES string of the molecule is Nc1ncnc2c1ncn2[C@@H]1O[C@H](CN(CCCc2ccc3ccccc3c2)CC[C@H](N)C(=O)O)[C@@H](O)[C@H]1O. The molecule has 0 saturated carbocycles. The van der Waals surface area contributed by atoms with Crippen molar-refractivity contribution in [1.29, 1.82) is 0 Å². The first-order valence-corrected chi connectivity index (χ1v) is 12.9. The number of aromatic nitrogens is 4. The van der Waals surface area contributed by atoms with Crippen LogP contribution in [0.1, 0.15) is 24.6 Å². The Hall–Kier alpha value is -3.68. The van der Waals surface area contributed by atoms with Gasteiger partial charge in [0.2, 0.25) is 0 Å². The summed E-state index contributed by atoms with van der Waals surface area (Å²) in [5.74, 6) is -0.859. The number of anilines is 1. The summed E-state index contributed by atoms with van der Waals surface area (Å²) in [4.78, 5) is 25.7. The Morgan fingerprint density at radius 3 is 2.67 bits per heavy atom. The number of aliphatic hydroxyl groups is 2. The number of hydrogen-bond acceptors (Lipinski definition) is 10. The first-order valence-electron chi connectivity index (χ1n) is 12.9. The second kappa shape index (κ2) is 11.6. The molecule has 1 aliphatic rings. The first kappa shape index (κ1) is 26.9. The highest BCUT2D eigenvalue weighted by atomic mass is 16.6. The van der Waals surface area contributed by atoms with Crippen LogP contribution in [0.15, 0.2) is 55.1 Å². The van der Waals surface area contributed by atoms with Crippen molar-refractivity contribution >= 4 is 33.7 Å². The zero-order valence-electron chi connectivity index (χ0n) is 21.4. The number of rotatable bonds is 11. The Morgan fingerprint density at radius 1 is 1.08 bits per heavy atom. The van der Waals surface area contributed by atoms with E-state index in [9.17, 15) is 20.1 Å². The van der Waals surface area contributed by atoms with Crippen LogP contribution in [0.4, 0.5) is 5.82 Å². The Bertz CT molecular complexity index is 1450. The minimum atomic E-state index is -1.23. The highest BCUT2D eigenvalue weighted by Gasteiger charge is 2.44. The van der Waals surface area contributed by atoms with Crippen LogP contribution in [0, 0.1) is 0 Å². The third-order valence-electron chi connectivity index (χ3n) is 7.26. The number of nitrogens with zero attached hydrogens (tertiary/aromatic N) is 5. The van der Waals surface area contributed by atoms with Gasteiger partial charge in [-0.25, -0.2) is 15.0 Å². The summed E-state index contributed by atoms with van der Waals surface area (Å²) in [6.45, 7) is 1.31. The molecule has 12 nitrogen and oxygen atoms in total. The van der Waals surface area contributed by atoms with E-state index < -0.39 is 36.6 Å². The lowest BCUT2D eigenvalue weighted by Crippen LogP contribution is -2.43. The summed E-state index contributed by atoms with van der Waals surface area (Å²) in [5.41, 5.74) is 13.6. The number of carbonyl (C=O) groups is 1.